The Morgan fingerprint density at radius 2 is 2.00 bits per heavy atom. The standard InChI is InChI=1S/C15H17FN2O/c1-11(12-6-8-17-9-7-12)18-10-13-4-3-5-14(19-2)15(13)16/h3-9,11,18H,10H2,1-2H3/t11-/m1/s1. The smallest absolute Gasteiger partial charge is 0.169 e. The number of rotatable bonds is 5. The van der Waals surface area contributed by atoms with E-state index in [4.69, 9.17) is 4.74 Å². The van der Waals surface area contributed by atoms with Crippen molar-refractivity contribution in [3.8, 4) is 5.75 Å². The number of methoxy groups -OCH3 is 1. The molecule has 0 unspecified atom stereocenters. The van der Waals surface area contributed by atoms with Crippen molar-refractivity contribution in [1.82, 2.24) is 10.3 Å². The summed E-state index contributed by atoms with van der Waals surface area (Å²) >= 11 is 0. The molecule has 1 aromatic carbocycles. The van der Waals surface area contributed by atoms with Crippen molar-refractivity contribution < 1.29 is 9.13 Å². The Morgan fingerprint density at radius 1 is 1.26 bits per heavy atom. The van der Waals surface area contributed by atoms with Crippen LogP contribution in [0.15, 0.2) is 42.7 Å². The van der Waals surface area contributed by atoms with Gasteiger partial charge in [0, 0.05) is 30.5 Å². The lowest BCUT2D eigenvalue weighted by Crippen LogP contribution is -2.18. The molecule has 19 heavy (non-hydrogen) atoms. The number of halogens is 1. The first-order valence-electron chi connectivity index (χ1n) is 6.17. The summed E-state index contributed by atoms with van der Waals surface area (Å²) in [5.74, 6) is -0.0321. The highest BCUT2D eigenvalue weighted by molar-refractivity contribution is 5.31. The van der Waals surface area contributed by atoms with Gasteiger partial charge in [-0.15, -0.1) is 0 Å². The Hall–Kier alpha value is -1.94. The number of ether oxygens (including phenoxy) is 1. The van der Waals surface area contributed by atoms with E-state index in [0.717, 1.165) is 5.56 Å². The fourth-order valence-electron chi connectivity index (χ4n) is 1.88. The van der Waals surface area contributed by atoms with Gasteiger partial charge >= 0.3 is 0 Å². The van der Waals surface area contributed by atoms with Gasteiger partial charge in [0.2, 0.25) is 0 Å². The molecule has 1 N–H and O–H groups in total. The molecule has 0 aliphatic heterocycles. The van der Waals surface area contributed by atoms with E-state index in [1.54, 1.807) is 30.6 Å². The van der Waals surface area contributed by atoms with Crippen molar-refractivity contribution in [2.45, 2.75) is 19.5 Å². The molecule has 4 heteroatoms. The van der Waals surface area contributed by atoms with E-state index in [1.807, 2.05) is 19.1 Å². The van der Waals surface area contributed by atoms with Crippen LogP contribution in [0.25, 0.3) is 0 Å². The van der Waals surface area contributed by atoms with E-state index in [2.05, 4.69) is 10.3 Å². The van der Waals surface area contributed by atoms with Crippen LogP contribution in [0.5, 0.6) is 5.75 Å². The van der Waals surface area contributed by atoms with E-state index < -0.39 is 0 Å². The number of pyridine rings is 1. The summed E-state index contributed by atoms with van der Waals surface area (Å²) in [6.07, 6.45) is 3.50. The van der Waals surface area contributed by atoms with Crippen LogP contribution < -0.4 is 10.1 Å². The molecule has 3 nitrogen and oxygen atoms in total. The minimum absolute atomic E-state index is 0.133. The summed E-state index contributed by atoms with van der Waals surface area (Å²) in [5, 5.41) is 3.28. The molecule has 100 valence electrons. The first-order valence-corrected chi connectivity index (χ1v) is 6.17. The number of aromatic nitrogens is 1. The van der Waals surface area contributed by atoms with E-state index >= 15 is 0 Å². The SMILES string of the molecule is COc1cccc(CN[C@H](C)c2ccncc2)c1F. The summed E-state index contributed by atoms with van der Waals surface area (Å²) in [6, 6.07) is 9.18. The highest BCUT2D eigenvalue weighted by Gasteiger charge is 2.10. The molecule has 0 radical (unpaired) electrons. The molecule has 0 amide bonds. The lowest BCUT2D eigenvalue weighted by atomic mass is 10.1. The molecular weight excluding hydrogens is 243 g/mol. The molecule has 1 aromatic heterocycles. The van der Waals surface area contributed by atoms with Gasteiger partial charge in [0.05, 0.1) is 7.11 Å². The second-order valence-electron chi connectivity index (χ2n) is 4.32. The molecule has 0 bridgehead atoms. The summed E-state index contributed by atoms with van der Waals surface area (Å²) in [4.78, 5) is 3.98. The minimum Gasteiger partial charge on any atom is -0.494 e. The highest BCUT2D eigenvalue weighted by atomic mass is 19.1. The summed E-state index contributed by atoms with van der Waals surface area (Å²) in [7, 11) is 1.47. The number of hydrogen-bond donors (Lipinski definition) is 1. The van der Waals surface area contributed by atoms with E-state index in [9.17, 15) is 4.39 Å². The predicted octanol–water partition coefficient (Wildman–Crippen LogP) is 3.08. The first kappa shape index (κ1) is 13.5. The molecule has 1 atom stereocenters. The van der Waals surface area contributed by atoms with E-state index in [0.29, 0.717) is 12.1 Å². The molecular formula is C15H17FN2O. The maximum Gasteiger partial charge on any atom is 0.169 e. The average molecular weight is 260 g/mol. The maximum atomic E-state index is 14.0. The van der Waals surface area contributed by atoms with Crippen LogP contribution >= 0.6 is 0 Å². The Balaban J connectivity index is 2.03. The van der Waals surface area contributed by atoms with Crippen LogP contribution in [-0.2, 0) is 6.54 Å². The van der Waals surface area contributed by atoms with E-state index in [-0.39, 0.29) is 17.6 Å². The summed E-state index contributed by atoms with van der Waals surface area (Å²) in [6.45, 7) is 2.49. The topological polar surface area (TPSA) is 34.1 Å². The maximum absolute atomic E-state index is 14.0. The molecule has 1 heterocycles. The number of nitrogens with one attached hydrogen (secondary N) is 1. The fourth-order valence-corrected chi connectivity index (χ4v) is 1.88. The van der Waals surface area contributed by atoms with Gasteiger partial charge in [0.15, 0.2) is 11.6 Å². The minimum atomic E-state index is -0.306. The van der Waals surface area contributed by atoms with Crippen molar-refractivity contribution in [3.63, 3.8) is 0 Å². The van der Waals surface area contributed by atoms with Crippen LogP contribution in [0.2, 0.25) is 0 Å². The second-order valence-corrected chi connectivity index (χ2v) is 4.32. The van der Waals surface area contributed by atoms with Gasteiger partial charge in [-0.25, -0.2) is 4.39 Å². The Morgan fingerprint density at radius 3 is 2.68 bits per heavy atom. The molecule has 0 fully saturated rings. The third-order valence-corrected chi connectivity index (χ3v) is 3.07. The van der Waals surface area contributed by atoms with Gasteiger partial charge in [-0.05, 0) is 30.7 Å². The fraction of sp³-hybridized carbons (Fsp3) is 0.267. The lowest BCUT2D eigenvalue weighted by Gasteiger charge is -2.15. The Bertz CT molecular complexity index is 531. The van der Waals surface area contributed by atoms with Gasteiger partial charge in [0.25, 0.3) is 0 Å². The van der Waals surface area contributed by atoms with Crippen molar-refractivity contribution in [2.24, 2.45) is 0 Å². The van der Waals surface area contributed by atoms with Crippen LogP contribution in [0.3, 0.4) is 0 Å². The lowest BCUT2D eigenvalue weighted by molar-refractivity contribution is 0.382. The average Bonchev–Trinajstić information content (AvgIpc) is 2.47. The monoisotopic (exact) mass is 260 g/mol. The number of hydrogen-bond acceptors (Lipinski definition) is 3. The Labute approximate surface area is 112 Å². The Kier molecular flexibility index (Phi) is 4.47. The van der Waals surface area contributed by atoms with Crippen LogP contribution in [-0.4, -0.2) is 12.1 Å². The van der Waals surface area contributed by atoms with Gasteiger partial charge in [-0.2, -0.15) is 0 Å². The van der Waals surface area contributed by atoms with Crippen LogP contribution in [0, 0.1) is 5.82 Å². The van der Waals surface area contributed by atoms with Crippen molar-refractivity contribution >= 4 is 0 Å². The normalized spacial score (nSPS) is 12.2. The van der Waals surface area contributed by atoms with Crippen molar-refractivity contribution in [2.75, 3.05) is 7.11 Å². The van der Waals surface area contributed by atoms with E-state index in [1.165, 1.54) is 7.11 Å². The second kappa shape index (κ2) is 6.29. The van der Waals surface area contributed by atoms with Gasteiger partial charge in [-0.3, -0.25) is 4.98 Å². The quantitative estimate of drug-likeness (QED) is 0.897. The zero-order valence-corrected chi connectivity index (χ0v) is 11.1. The number of benzene rings is 1. The van der Waals surface area contributed by atoms with Gasteiger partial charge < -0.3 is 10.1 Å². The van der Waals surface area contributed by atoms with Crippen molar-refractivity contribution in [1.29, 1.82) is 0 Å². The third-order valence-electron chi connectivity index (χ3n) is 3.07. The molecule has 0 saturated heterocycles. The van der Waals surface area contributed by atoms with Crippen molar-refractivity contribution in [3.05, 3.63) is 59.7 Å². The molecule has 2 rings (SSSR count). The first-order chi connectivity index (χ1) is 9.22. The predicted molar refractivity (Wildman–Crippen MR) is 72.4 cm³/mol. The van der Waals surface area contributed by atoms with Gasteiger partial charge in [0.1, 0.15) is 0 Å². The molecule has 2 aromatic rings. The summed E-state index contributed by atoms with van der Waals surface area (Å²) < 4.78 is 18.9. The molecule has 0 aliphatic carbocycles. The largest absolute Gasteiger partial charge is 0.494 e. The molecule has 0 spiro atoms. The summed E-state index contributed by atoms with van der Waals surface area (Å²) in [5.41, 5.74) is 1.72. The van der Waals surface area contributed by atoms with Gasteiger partial charge in [-0.1, -0.05) is 12.1 Å². The van der Waals surface area contributed by atoms with Crippen LogP contribution in [0.4, 0.5) is 4.39 Å². The molecule has 0 aliphatic rings. The zero-order chi connectivity index (χ0) is 13.7. The highest BCUT2D eigenvalue weighted by Crippen LogP contribution is 2.20. The molecule has 0 saturated carbocycles. The zero-order valence-electron chi connectivity index (χ0n) is 11.1. The number of nitrogens with zero attached hydrogens (tertiary/aromatic N) is 1. The third kappa shape index (κ3) is 3.29. The van der Waals surface area contributed by atoms with Crippen LogP contribution in [0.1, 0.15) is 24.1 Å².